The molecule has 19 heavy (non-hydrogen) atoms. The molecule has 0 saturated heterocycles. The lowest BCUT2D eigenvalue weighted by atomic mass is 10.2. The van der Waals surface area contributed by atoms with Crippen LogP contribution >= 0.6 is 22.9 Å². The molecule has 1 aromatic heterocycles. The van der Waals surface area contributed by atoms with E-state index in [-0.39, 0.29) is 5.00 Å². The molecule has 0 atom stereocenters. The second-order valence-corrected chi connectivity index (χ2v) is 5.05. The van der Waals surface area contributed by atoms with Gasteiger partial charge in [-0.1, -0.05) is 22.9 Å². The van der Waals surface area contributed by atoms with Crippen LogP contribution in [0.4, 0.5) is 10.7 Å². The Hall–Kier alpha value is -1.79. The number of nitro groups is 1. The Morgan fingerprint density at radius 2 is 2.26 bits per heavy atom. The van der Waals surface area contributed by atoms with E-state index >= 15 is 0 Å². The van der Waals surface area contributed by atoms with Crippen molar-refractivity contribution < 1.29 is 9.66 Å². The monoisotopic (exact) mass is 298 g/mol. The van der Waals surface area contributed by atoms with Gasteiger partial charge in [0.1, 0.15) is 5.75 Å². The third kappa shape index (κ3) is 3.36. The Morgan fingerprint density at radius 1 is 1.47 bits per heavy atom. The summed E-state index contributed by atoms with van der Waals surface area (Å²) in [6, 6.07) is 6.83. The first-order valence-corrected chi connectivity index (χ1v) is 6.65. The van der Waals surface area contributed by atoms with Gasteiger partial charge in [0.15, 0.2) is 0 Å². The van der Waals surface area contributed by atoms with Crippen molar-refractivity contribution in [3.05, 3.63) is 50.3 Å². The highest BCUT2D eigenvalue weighted by molar-refractivity contribution is 7.13. The molecule has 0 radical (unpaired) electrons. The number of thiophene rings is 1. The summed E-state index contributed by atoms with van der Waals surface area (Å²) in [6.07, 6.45) is 0. The van der Waals surface area contributed by atoms with Gasteiger partial charge in [0.2, 0.25) is 0 Å². The molecule has 0 aliphatic rings. The Balaban J connectivity index is 2.07. The number of methoxy groups -OCH3 is 1. The molecule has 0 aliphatic carbocycles. The summed E-state index contributed by atoms with van der Waals surface area (Å²) < 4.78 is 5.11. The predicted octanol–water partition coefficient (Wildman–Crippen LogP) is 3.93. The SMILES string of the molecule is COc1ccc(Cl)c(NCc2csc([N+](=O)[O-])c2)c1. The molecule has 1 N–H and O–H groups in total. The smallest absolute Gasteiger partial charge is 0.324 e. The molecular weight excluding hydrogens is 288 g/mol. The van der Waals surface area contributed by atoms with Gasteiger partial charge in [0.05, 0.1) is 22.7 Å². The van der Waals surface area contributed by atoms with Crippen LogP contribution in [0.1, 0.15) is 5.56 Å². The molecule has 0 amide bonds. The number of anilines is 1. The number of hydrogen-bond acceptors (Lipinski definition) is 5. The van der Waals surface area contributed by atoms with Crippen molar-refractivity contribution in [2.45, 2.75) is 6.54 Å². The van der Waals surface area contributed by atoms with E-state index in [9.17, 15) is 10.1 Å². The van der Waals surface area contributed by atoms with Gasteiger partial charge in [-0.3, -0.25) is 10.1 Å². The van der Waals surface area contributed by atoms with E-state index in [1.165, 1.54) is 0 Å². The van der Waals surface area contributed by atoms with Gasteiger partial charge in [-0.25, -0.2) is 0 Å². The van der Waals surface area contributed by atoms with Gasteiger partial charge in [0, 0.05) is 24.1 Å². The molecule has 0 unspecified atom stereocenters. The summed E-state index contributed by atoms with van der Waals surface area (Å²) in [7, 11) is 1.58. The summed E-state index contributed by atoms with van der Waals surface area (Å²) >= 11 is 7.16. The first kappa shape index (κ1) is 13.6. The Kier molecular flexibility index (Phi) is 4.24. The highest BCUT2D eigenvalue weighted by Crippen LogP contribution is 2.28. The van der Waals surface area contributed by atoms with Crippen LogP contribution in [0.3, 0.4) is 0 Å². The van der Waals surface area contributed by atoms with Crippen LogP contribution in [0.15, 0.2) is 29.6 Å². The number of rotatable bonds is 5. The zero-order valence-corrected chi connectivity index (χ0v) is 11.6. The topological polar surface area (TPSA) is 64.4 Å². The number of halogens is 1. The van der Waals surface area contributed by atoms with Crippen molar-refractivity contribution in [3.63, 3.8) is 0 Å². The van der Waals surface area contributed by atoms with E-state index in [1.807, 2.05) is 0 Å². The second-order valence-electron chi connectivity index (χ2n) is 3.75. The molecule has 0 aliphatic heterocycles. The zero-order valence-electron chi connectivity index (χ0n) is 10.1. The van der Waals surface area contributed by atoms with E-state index in [0.717, 1.165) is 22.6 Å². The van der Waals surface area contributed by atoms with Gasteiger partial charge in [-0.2, -0.15) is 0 Å². The minimum atomic E-state index is -0.396. The van der Waals surface area contributed by atoms with Crippen molar-refractivity contribution >= 4 is 33.6 Å². The Labute approximate surface area is 118 Å². The fourth-order valence-corrected chi connectivity index (χ4v) is 2.43. The maximum absolute atomic E-state index is 10.6. The maximum Gasteiger partial charge on any atom is 0.324 e. The minimum Gasteiger partial charge on any atom is -0.497 e. The average molecular weight is 299 g/mol. The first-order valence-electron chi connectivity index (χ1n) is 5.39. The Bertz CT molecular complexity index is 600. The molecular formula is C12H11ClN2O3S. The molecule has 1 heterocycles. The lowest BCUT2D eigenvalue weighted by Gasteiger charge is -2.09. The lowest BCUT2D eigenvalue weighted by molar-refractivity contribution is -0.380. The van der Waals surface area contributed by atoms with Crippen LogP contribution in [0.5, 0.6) is 5.75 Å². The largest absolute Gasteiger partial charge is 0.497 e. The molecule has 0 bridgehead atoms. The normalized spacial score (nSPS) is 10.2. The van der Waals surface area contributed by atoms with Crippen LogP contribution in [-0.4, -0.2) is 12.0 Å². The highest BCUT2D eigenvalue weighted by Gasteiger charge is 2.10. The van der Waals surface area contributed by atoms with Crippen molar-refractivity contribution in [1.29, 1.82) is 0 Å². The van der Waals surface area contributed by atoms with Crippen molar-refractivity contribution in [2.75, 3.05) is 12.4 Å². The van der Waals surface area contributed by atoms with E-state index in [2.05, 4.69) is 5.32 Å². The fraction of sp³-hybridized carbons (Fsp3) is 0.167. The fourth-order valence-electron chi connectivity index (χ4n) is 1.52. The van der Waals surface area contributed by atoms with Crippen LogP contribution < -0.4 is 10.1 Å². The van der Waals surface area contributed by atoms with Crippen LogP contribution in [0.2, 0.25) is 5.02 Å². The average Bonchev–Trinajstić information content (AvgIpc) is 2.87. The van der Waals surface area contributed by atoms with Gasteiger partial charge in [-0.15, -0.1) is 0 Å². The summed E-state index contributed by atoms with van der Waals surface area (Å²) in [5, 5.41) is 16.2. The first-order chi connectivity index (χ1) is 9.10. The molecule has 1 aromatic carbocycles. The number of nitrogens with one attached hydrogen (secondary N) is 1. The van der Waals surface area contributed by atoms with Crippen molar-refractivity contribution in [3.8, 4) is 5.75 Å². The number of benzene rings is 1. The summed E-state index contributed by atoms with van der Waals surface area (Å²) in [4.78, 5) is 10.2. The molecule has 100 valence electrons. The molecule has 2 aromatic rings. The van der Waals surface area contributed by atoms with Crippen LogP contribution in [0.25, 0.3) is 0 Å². The van der Waals surface area contributed by atoms with Gasteiger partial charge < -0.3 is 10.1 Å². The summed E-state index contributed by atoms with van der Waals surface area (Å²) in [5.74, 6) is 0.697. The summed E-state index contributed by atoms with van der Waals surface area (Å²) in [5.41, 5.74) is 1.57. The van der Waals surface area contributed by atoms with E-state index in [4.69, 9.17) is 16.3 Å². The van der Waals surface area contributed by atoms with Crippen LogP contribution in [-0.2, 0) is 6.54 Å². The third-order valence-corrected chi connectivity index (χ3v) is 3.73. The van der Waals surface area contributed by atoms with E-state index in [1.54, 1.807) is 36.8 Å². The van der Waals surface area contributed by atoms with Crippen molar-refractivity contribution in [2.24, 2.45) is 0 Å². The van der Waals surface area contributed by atoms with Crippen LogP contribution in [0, 0.1) is 10.1 Å². The molecule has 5 nitrogen and oxygen atoms in total. The number of hydrogen-bond donors (Lipinski definition) is 1. The standard InChI is InChI=1S/C12H11ClN2O3S/c1-18-9-2-3-10(13)11(5-9)14-6-8-4-12(15(16)17)19-7-8/h2-5,7,14H,6H2,1H3. The molecule has 0 saturated carbocycles. The van der Waals surface area contributed by atoms with Gasteiger partial charge in [0.25, 0.3) is 0 Å². The van der Waals surface area contributed by atoms with Crippen molar-refractivity contribution in [1.82, 2.24) is 0 Å². The number of nitrogens with zero attached hydrogens (tertiary/aromatic N) is 1. The highest BCUT2D eigenvalue weighted by atomic mass is 35.5. The van der Waals surface area contributed by atoms with E-state index < -0.39 is 4.92 Å². The summed E-state index contributed by atoms with van der Waals surface area (Å²) in [6.45, 7) is 0.469. The minimum absolute atomic E-state index is 0.133. The quantitative estimate of drug-likeness (QED) is 0.671. The van der Waals surface area contributed by atoms with Gasteiger partial charge >= 0.3 is 5.00 Å². The Morgan fingerprint density at radius 3 is 2.89 bits per heavy atom. The molecule has 0 spiro atoms. The third-order valence-electron chi connectivity index (χ3n) is 2.48. The van der Waals surface area contributed by atoms with Gasteiger partial charge in [-0.05, 0) is 17.7 Å². The molecule has 0 fully saturated rings. The maximum atomic E-state index is 10.6. The molecule has 7 heteroatoms. The molecule has 2 rings (SSSR count). The predicted molar refractivity (Wildman–Crippen MR) is 76.3 cm³/mol. The zero-order chi connectivity index (χ0) is 13.8. The second kappa shape index (κ2) is 5.90. The lowest BCUT2D eigenvalue weighted by Crippen LogP contribution is -1.99. The van der Waals surface area contributed by atoms with E-state index in [0.29, 0.717) is 17.3 Å². The number of ether oxygens (including phenoxy) is 1.